The Morgan fingerprint density at radius 1 is 1.53 bits per heavy atom. The van der Waals surface area contributed by atoms with E-state index in [1.54, 1.807) is 0 Å². The van der Waals surface area contributed by atoms with Crippen LogP contribution in [-0.4, -0.2) is 43.2 Å². The summed E-state index contributed by atoms with van der Waals surface area (Å²) in [6, 6.07) is 8.69. The zero-order chi connectivity index (χ0) is 13.2. The van der Waals surface area contributed by atoms with E-state index in [1.165, 1.54) is 11.1 Å². The Labute approximate surface area is 114 Å². The molecule has 0 aliphatic carbocycles. The third kappa shape index (κ3) is 2.58. The summed E-state index contributed by atoms with van der Waals surface area (Å²) in [6.07, 6.45) is 1.14. The van der Waals surface area contributed by atoms with Crippen LogP contribution in [0.1, 0.15) is 11.1 Å². The average Bonchev–Trinajstić information content (AvgIpc) is 2.80. The SMILES string of the molecule is Cc1ccc2c(c1)CC(CN1CCNCC1C#N)O2. The molecule has 1 N–H and O–H groups in total. The molecule has 0 saturated carbocycles. The molecule has 1 saturated heterocycles. The molecule has 3 rings (SSSR count). The molecule has 1 fully saturated rings. The van der Waals surface area contributed by atoms with E-state index < -0.39 is 0 Å². The molecule has 19 heavy (non-hydrogen) atoms. The van der Waals surface area contributed by atoms with Gasteiger partial charge in [0.05, 0.1) is 6.07 Å². The van der Waals surface area contributed by atoms with Gasteiger partial charge in [0.2, 0.25) is 0 Å². The predicted octanol–water partition coefficient (Wildman–Crippen LogP) is 1.10. The van der Waals surface area contributed by atoms with Crippen molar-refractivity contribution in [3.05, 3.63) is 29.3 Å². The first-order valence-corrected chi connectivity index (χ1v) is 6.87. The first-order valence-electron chi connectivity index (χ1n) is 6.87. The highest BCUT2D eigenvalue weighted by Gasteiger charge is 2.29. The number of ether oxygens (including phenoxy) is 1. The molecule has 1 aromatic carbocycles. The van der Waals surface area contributed by atoms with Gasteiger partial charge in [-0.05, 0) is 18.6 Å². The first-order chi connectivity index (χ1) is 9.26. The number of fused-ring (bicyclic) bond motifs is 1. The number of aryl methyl sites for hydroxylation is 1. The zero-order valence-electron chi connectivity index (χ0n) is 11.2. The van der Waals surface area contributed by atoms with Crippen LogP contribution in [0.25, 0.3) is 0 Å². The molecule has 1 aromatic rings. The molecule has 4 nitrogen and oxygen atoms in total. The summed E-state index contributed by atoms with van der Waals surface area (Å²) in [5, 5.41) is 12.4. The van der Waals surface area contributed by atoms with Gasteiger partial charge >= 0.3 is 0 Å². The molecule has 2 atom stereocenters. The van der Waals surface area contributed by atoms with E-state index in [0.29, 0.717) is 0 Å². The maximum atomic E-state index is 9.17. The van der Waals surface area contributed by atoms with Gasteiger partial charge in [-0.15, -0.1) is 0 Å². The summed E-state index contributed by atoms with van der Waals surface area (Å²) >= 11 is 0. The lowest BCUT2D eigenvalue weighted by Gasteiger charge is -2.33. The minimum atomic E-state index is -0.0252. The summed E-state index contributed by atoms with van der Waals surface area (Å²) in [5.41, 5.74) is 2.58. The Hall–Kier alpha value is -1.57. The zero-order valence-corrected chi connectivity index (χ0v) is 11.2. The van der Waals surface area contributed by atoms with Gasteiger partial charge in [0, 0.05) is 32.6 Å². The van der Waals surface area contributed by atoms with Gasteiger partial charge in [-0.1, -0.05) is 17.7 Å². The molecule has 100 valence electrons. The quantitative estimate of drug-likeness (QED) is 0.862. The predicted molar refractivity (Wildman–Crippen MR) is 73.1 cm³/mol. The van der Waals surface area contributed by atoms with Gasteiger partial charge < -0.3 is 10.1 Å². The maximum Gasteiger partial charge on any atom is 0.123 e. The van der Waals surface area contributed by atoms with Crippen molar-refractivity contribution in [1.29, 1.82) is 5.26 Å². The Morgan fingerprint density at radius 2 is 2.42 bits per heavy atom. The van der Waals surface area contributed by atoms with Crippen molar-refractivity contribution in [3.8, 4) is 11.8 Å². The van der Waals surface area contributed by atoms with Crippen LogP contribution in [0.2, 0.25) is 0 Å². The highest BCUT2D eigenvalue weighted by molar-refractivity contribution is 5.40. The van der Waals surface area contributed by atoms with Crippen molar-refractivity contribution >= 4 is 0 Å². The Balaban J connectivity index is 1.65. The molecule has 0 amide bonds. The summed E-state index contributed by atoms with van der Waals surface area (Å²) in [4.78, 5) is 2.24. The molecular weight excluding hydrogens is 238 g/mol. The van der Waals surface area contributed by atoms with Gasteiger partial charge in [-0.25, -0.2) is 0 Å². The highest BCUT2D eigenvalue weighted by atomic mass is 16.5. The normalized spacial score (nSPS) is 26.5. The molecular formula is C15H19N3O. The molecule has 2 unspecified atom stereocenters. The van der Waals surface area contributed by atoms with Crippen molar-refractivity contribution in [3.63, 3.8) is 0 Å². The molecule has 0 aromatic heterocycles. The molecule has 2 aliphatic heterocycles. The van der Waals surface area contributed by atoms with E-state index in [9.17, 15) is 5.26 Å². The average molecular weight is 257 g/mol. The number of hydrogen-bond acceptors (Lipinski definition) is 4. The standard InChI is InChI=1S/C15H19N3O/c1-11-2-3-15-12(6-11)7-14(19-15)10-18-5-4-17-9-13(18)8-16/h2-3,6,13-14,17H,4-5,7,9-10H2,1H3. The van der Waals surface area contributed by atoms with E-state index in [0.717, 1.165) is 38.3 Å². The second kappa shape index (κ2) is 5.20. The molecule has 2 heterocycles. The van der Waals surface area contributed by atoms with E-state index in [-0.39, 0.29) is 12.1 Å². The minimum Gasteiger partial charge on any atom is -0.488 e. The van der Waals surface area contributed by atoms with Crippen LogP contribution < -0.4 is 10.1 Å². The van der Waals surface area contributed by atoms with E-state index in [4.69, 9.17) is 4.74 Å². The Morgan fingerprint density at radius 3 is 3.26 bits per heavy atom. The number of hydrogen-bond donors (Lipinski definition) is 1. The van der Waals surface area contributed by atoms with Gasteiger partial charge in [0.25, 0.3) is 0 Å². The molecule has 0 bridgehead atoms. The third-order valence-corrected chi connectivity index (χ3v) is 3.90. The lowest BCUT2D eigenvalue weighted by Crippen LogP contribution is -2.53. The number of nitrogens with zero attached hydrogens (tertiary/aromatic N) is 2. The minimum absolute atomic E-state index is 0.0252. The number of piperazine rings is 1. The fraction of sp³-hybridized carbons (Fsp3) is 0.533. The van der Waals surface area contributed by atoms with Crippen LogP contribution in [0.15, 0.2) is 18.2 Å². The van der Waals surface area contributed by atoms with Crippen LogP contribution in [-0.2, 0) is 6.42 Å². The lowest BCUT2D eigenvalue weighted by molar-refractivity contribution is 0.118. The number of nitrogens with one attached hydrogen (secondary N) is 1. The van der Waals surface area contributed by atoms with Crippen molar-refractivity contribution in [2.45, 2.75) is 25.5 Å². The molecule has 0 spiro atoms. The van der Waals surface area contributed by atoms with Crippen molar-refractivity contribution < 1.29 is 4.74 Å². The van der Waals surface area contributed by atoms with Gasteiger partial charge in [0.1, 0.15) is 17.9 Å². The van der Waals surface area contributed by atoms with Crippen molar-refractivity contribution in [2.75, 3.05) is 26.2 Å². The molecule has 4 heteroatoms. The van der Waals surface area contributed by atoms with Crippen molar-refractivity contribution in [1.82, 2.24) is 10.2 Å². The largest absolute Gasteiger partial charge is 0.488 e. The first kappa shape index (κ1) is 12.5. The van der Waals surface area contributed by atoms with E-state index >= 15 is 0 Å². The maximum absolute atomic E-state index is 9.17. The summed E-state index contributed by atoms with van der Waals surface area (Å²) < 4.78 is 5.99. The van der Waals surface area contributed by atoms with Gasteiger partial charge in [0.15, 0.2) is 0 Å². The van der Waals surface area contributed by atoms with Crippen LogP contribution >= 0.6 is 0 Å². The highest BCUT2D eigenvalue weighted by Crippen LogP contribution is 2.30. The van der Waals surface area contributed by atoms with E-state index in [2.05, 4.69) is 41.4 Å². The van der Waals surface area contributed by atoms with Crippen molar-refractivity contribution in [2.24, 2.45) is 0 Å². The number of rotatable bonds is 2. The summed E-state index contributed by atoms with van der Waals surface area (Å²) in [5.74, 6) is 1.01. The number of nitriles is 1. The second-order valence-corrected chi connectivity index (χ2v) is 5.40. The topological polar surface area (TPSA) is 48.3 Å². The van der Waals surface area contributed by atoms with Gasteiger partial charge in [-0.3, -0.25) is 4.90 Å². The summed E-state index contributed by atoms with van der Waals surface area (Å²) in [6.45, 7) is 5.59. The fourth-order valence-electron chi connectivity index (χ4n) is 2.90. The number of benzene rings is 1. The molecule has 2 aliphatic rings. The smallest absolute Gasteiger partial charge is 0.123 e. The second-order valence-electron chi connectivity index (χ2n) is 5.40. The van der Waals surface area contributed by atoms with Gasteiger partial charge in [-0.2, -0.15) is 5.26 Å². The summed E-state index contributed by atoms with van der Waals surface area (Å²) in [7, 11) is 0. The lowest BCUT2D eigenvalue weighted by atomic mass is 10.1. The monoisotopic (exact) mass is 257 g/mol. The van der Waals surface area contributed by atoms with Crippen LogP contribution in [0, 0.1) is 18.3 Å². The Bertz CT molecular complexity index is 509. The van der Waals surface area contributed by atoms with Crippen LogP contribution in [0.4, 0.5) is 0 Å². The van der Waals surface area contributed by atoms with Crippen LogP contribution in [0.5, 0.6) is 5.75 Å². The van der Waals surface area contributed by atoms with E-state index in [1.807, 2.05) is 0 Å². The molecule has 0 radical (unpaired) electrons. The Kier molecular flexibility index (Phi) is 3.41. The third-order valence-electron chi connectivity index (χ3n) is 3.90. The van der Waals surface area contributed by atoms with Crippen LogP contribution in [0.3, 0.4) is 0 Å². The fourth-order valence-corrected chi connectivity index (χ4v) is 2.90.